The molecule has 4 aromatic rings. The highest BCUT2D eigenvalue weighted by molar-refractivity contribution is 7.98. The third kappa shape index (κ3) is 4.06. The summed E-state index contributed by atoms with van der Waals surface area (Å²) in [5.74, 6) is -0.256. The van der Waals surface area contributed by atoms with Crippen LogP contribution >= 0.6 is 11.8 Å². The summed E-state index contributed by atoms with van der Waals surface area (Å²) in [6.45, 7) is 0. The van der Waals surface area contributed by atoms with Crippen molar-refractivity contribution in [3.63, 3.8) is 0 Å². The predicted octanol–water partition coefficient (Wildman–Crippen LogP) is 4.32. The number of aromatic nitrogens is 4. The number of nitriles is 1. The van der Waals surface area contributed by atoms with Crippen LogP contribution in [0.5, 0.6) is 0 Å². The van der Waals surface area contributed by atoms with Gasteiger partial charge in [-0.25, -0.2) is 4.68 Å². The number of anilines is 1. The molecule has 0 aliphatic rings. The number of hydrogen-bond donors (Lipinski definition) is 1. The van der Waals surface area contributed by atoms with E-state index >= 15 is 0 Å². The highest BCUT2D eigenvalue weighted by Crippen LogP contribution is 2.21. The number of allylic oxidation sites excluding steroid dienone is 1. The van der Waals surface area contributed by atoms with Crippen molar-refractivity contribution in [1.82, 2.24) is 20.0 Å². The van der Waals surface area contributed by atoms with Crippen LogP contribution in [0.2, 0.25) is 0 Å². The second-order valence-corrected chi connectivity index (χ2v) is 7.16. The van der Waals surface area contributed by atoms with E-state index in [1.807, 2.05) is 36.6 Å². The van der Waals surface area contributed by atoms with Crippen molar-refractivity contribution in [1.29, 1.82) is 5.26 Å². The second kappa shape index (κ2) is 8.59. The molecule has 8 heteroatoms. The Morgan fingerprint density at radius 1 is 1.17 bits per heavy atom. The number of carbonyl (C=O) groups excluding carboxylic acids is 1. The van der Waals surface area contributed by atoms with Gasteiger partial charge in [-0.2, -0.15) is 5.26 Å². The van der Waals surface area contributed by atoms with Crippen LogP contribution in [-0.4, -0.2) is 32.1 Å². The molecule has 0 radical (unpaired) electrons. The van der Waals surface area contributed by atoms with Crippen LogP contribution in [0.25, 0.3) is 22.8 Å². The number of benzene rings is 2. The Kier molecular flexibility index (Phi) is 5.54. The van der Waals surface area contributed by atoms with Gasteiger partial charge < -0.3 is 5.32 Å². The molecule has 2 heterocycles. The van der Waals surface area contributed by atoms with Crippen molar-refractivity contribution in [3.05, 3.63) is 78.1 Å². The standard InChI is InChI=1S/C22H16N6OS/c1-30-19-8-6-16(7-9-19)25-22(29)15-5-10-20-21(12-15)28(27-26-20)18(14-23)13-17-4-2-3-11-24-17/h2-13H,1H3,(H,25,29)/b18-13+. The molecule has 0 saturated heterocycles. The fourth-order valence-electron chi connectivity index (χ4n) is 2.86. The smallest absolute Gasteiger partial charge is 0.255 e. The minimum Gasteiger partial charge on any atom is -0.322 e. The van der Waals surface area contributed by atoms with E-state index in [1.165, 1.54) is 4.68 Å². The zero-order valence-corrected chi connectivity index (χ0v) is 16.8. The number of nitrogens with one attached hydrogen (secondary N) is 1. The molecule has 0 fully saturated rings. The van der Waals surface area contributed by atoms with Gasteiger partial charge in [0, 0.05) is 28.4 Å². The Hall–Kier alpha value is -3.96. The molecule has 0 saturated carbocycles. The van der Waals surface area contributed by atoms with Gasteiger partial charge in [0.05, 0.1) is 11.2 Å². The molecule has 7 nitrogen and oxygen atoms in total. The molecule has 0 atom stereocenters. The number of nitrogens with zero attached hydrogens (tertiary/aromatic N) is 5. The second-order valence-electron chi connectivity index (χ2n) is 6.28. The summed E-state index contributed by atoms with van der Waals surface area (Å²) in [7, 11) is 0. The van der Waals surface area contributed by atoms with Crippen molar-refractivity contribution >= 4 is 46.2 Å². The highest BCUT2D eigenvalue weighted by Gasteiger charge is 2.13. The fraction of sp³-hybridized carbons (Fsp3) is 0.0455. The molecule has 146 valence electrons. The summed E-state index contributed by atoms with van der Waals surface area (Å²) in [4.78, 5) is 18.0. The van der Waals surface area contributed by atoms with Gasteiger partial charge in [-0.15, -0.1) is 16.9 Å². The van der Waals surface area contributed by atoms with E-state index in [9.17, 15) is 10.1 Å². The summed E-state index contributed by atoms with van der Waals surface area (Å²) < 4.78 is 1.41. The zero-order valence-electron chi connectivity index (χ0n) is 16.0. The lowest BCUT2D eigenvalue weighted by atomic mass is 10.1. The van der Waals surface area contributed by atoms with Crippen molar-refractivity contribution in [2.75, 3.05) is 11.6 Å². The summed E-state index contributed by atoms with van der Waals surface area (Å²) in [5.41, 5.74) is 3.16. The first-order valence-electron chi connectivity index (χ1n) is 9.02. The first-order valence-corrected chi connectivity index (χ1v) is 10.2. The summed E-state index contributed by atoms with van der Waals surface area (Å²) in [6.07, 6.45) is 5.26. The molecule has 1 N–H and O–H groups in total. The number of fused-ring (bicyclic) bond motifs is 1. The minimum atomic E-state index is -0.256. The van der Waals surface area contributed by atoms with Crippen LogP contribution in [0, 0.1) is 11.3 Å². The minimum absolute atomic E-state index is 0.251. The number of carbonyl (C=O) groups is 1. The van der Waals surface area contributed by atoms with Crippen LogP contribution in [-0.2, 0) is 0 Å². The maximum absolute atomic E-state index is 12.7. The van der Waals surface area contributed by atoms with Crippen molar-refractivity contribution in [3.8, 4) is 6.07 Å². The molecule has 2 aromatic carbocycles. The molecule has 0 spiro atoms. The zero-order chi connectivity index (χ0) is 20.9. The first kappa shape index (κ1) is 19.4. The molecular weight excluding hydrogens is 396 g/mol. The molecule has 4 rings (SSSR count). The maximum atomic E-state index is 12.7. The van der Waals surface area contributed by atoms with Crippen molar-refractivity contribution in [2.24, 2.45) is 0 Å². The van der Waals surface area contributed by atoms with Gasteiger partial charge in [0.15, 0.2) is 0 Å². The summed E-state index contributed by atoms with van der Waals surface area (Å²) in [5, 5.41) is 20.7. The van der Waals surface area contributed by atoms with Gasteiger partial charge in [-0.1, -0.05) is 11.3 Å². The average Bonchev–Trinajstić information content (AvgIpc) is 3.22. The fourth-order valence-corrected chi connectivity index (χ4v) is 3.27. The van der Waals surface area contributed by atoms with Gasteiger partial charge in [0.25, 0.3) is 5.91 Å². The van der Waals surface area contributed by atoms with Crippen LogP contribution in [0.3, 0.4) is 0 Å². The molecule has 0 aliphatic carbocycles. The molecule has 1 amide bonds. The lowest BCUT2D eigenvalue weighted by molar-refractivity contribution is 0.102. The molecule has 2 aromatic heterocycles. The normalized spacial score (nSPS) is 11.3. The maximum Gasteiger partial charge on any atom is 0.255 e. The van der Waals surface area contributed by atoms with E-state index in [1.54, 1.807) is 54.4 Å². The largest absolute Gasteiger partial charge is 0.322 e. The third-order valence-corrected chi connectivity index (χ3v) is 5.11. The van der Waals surface area contributed by atoms with E-state index in [-0.39, 0.29) is 11.6 Å². The van der Waals surface area contributed by atoms with Crippen LogP contribution in [0.1, 0.15) is 16.1 Å². The van der Waals surface area contributed by atoms with Crippen molar-refractivity contribution in [2.45, 2.75) is 4.90 Å². The van der Waals surface area contributed by atoms with Crippen LogP contribution in [0.15, 0.2) is 71.8 Å². The molecule has 0 unspecified atom stereocenters. The number of rotatable bonds is 5. The average molecular weight is 412 g/mol. The van der Waals surface area contributed by atoms with Gasteiger partial charge >= 0.3 is 0 Å². The monoisotopic (exact) mass is 412 g/mol. The third-order valence-electron chi connectivity index (χ3n) is 4.37. The Morgan fingerprint density at radius 2 is 2.00 bits per heavy atom. The number of pyridine rings is 1. The van der Waals surface area contributed by atoms with E-state index in [0.29, 0.717) is 28.0 Å². The topological polar surface area (TPSA) is 96.5 Å². The predicted molar refractivity (Wildman–Crippen MR) is 118 cm³/mol. The Labute approximate surface area is 177 Å². The van der Waals surface area contributed by atoms with E-state index in [2.05, 4.69) is 26.7 Å². The SMILES string of the molecule is CSc1ccc(NC(=O)c2ccc3nnn(/C(C#N)=C/c4ccccn4)c3c2)cc1. The summed E-state index contributed by atoms with van der Waals surface area (Å²) >= 11 is 1.64. The van der Waals surface area contributed by atoms with E-state index in [0.717, 1.165) is 4.90 Å². The Balaban J connectivity index is 1.66. The molecule has 30 heavy (non-hydrogen) atoms. The molecular formula is C22H16N6OS. The lowest BCUT2D eigenvalue weighted by Crippen LogP contribution is -2.12. The van der Waals surface area contributed by atoms with E-state index in [4.69, 9.17) is 0 Å². The van der Waals surface area contributed by atoms with Gasteiger partial charge in [-0.3, -0.25) is 9.78 Å². The quantitative estimate of drug-likeness (QED) is 0.387. The number of thioether (sulfide) groups is 1. The van der Waals surface area contributed by atoms with Gasteiger partial charge in [0.2, 0.25) is 0 Å². The highest BCUT2D eigenvalue weighted by atomic mass is 32.2. The van der Waals surface area contributed by atoms with Crippen molar-refractivity contribution < 1.29 is 4.79 Å². The number of hydrogen-bond acceptors (Lipinski definition) is 6. The Bertz CT molecular complexity index is 1270. The lowest BCUT2D eigenvalue weighted by Gasteiger charge is -2.07. The van der Waals surface area contributed by atoms with E-state index < -0.39 is 0 Å². The van der Waals surface area contributed by atoms with Crippen LogP contribution in [0.4, 0.5) is 5.69 Å². The number of amides is 1. The van der Waals surface area contributed by atoms with Gasteiger partial charge in [-0.05, 0) is 60.9 Å². The van der Waals surface area contributed by atoms with Gasteiger partial charge in [0.1, 0.15) is 17.3 Å². The molecule has 0 aliphatic heterocycles. The summed E-state index contributed by atoms with van der Waals surface area (Å²) in [6, 6.07) is 20.2. The first-order chi connectivity index (χ1) is 14.7. The van der Waals surface area contributed by atoms with Crippen LogP contribution < -0.4 is 5.32 Å². The Morgan fingerprint density at radius 3 is 2.70 bits per heavy atom. The molecule has 0 bridgehead atoms.